The van der Waals surface area contributed by atoms with Crippen molar-refractivity contribution in [2.75, 3.05) is 13.7 Å². The van der Waals surface area contributed by atoms with Crippen LogP contribution in [0.15, 0.2) is 29.4 Å². The van der Waals surface area contributed by atoms with Crippen LogP contribution in [0, 0.1) is 6.92 Å². The number of rotatable bonds is 7. The number of nitrogens with two attached hydrogens (primary N) is 1. The lowest BCUT2D eigenvalue weighted by Gasteiger charge is -2.11. The number of methoxy groups -OCH3 is 1. The van der Waals surface area contributed by atoms with E-state index in [1.807, 2.05) is 29.7 Å². The van der Waals surface area contributed by atoms with Crippen LogP contribution in [0.25, 0.3) is 11.4 Å². The molecule has 1 aromatic heterocycles. The maximum absolute atomic E-state index is 11.3. The number of amides is 1. The molecule has 0 aliphatic rings. The molecule has 0 spiro atoms. The summed E-state index contributed by atoms with van der Waals surface area (Å²) in [5, 5.41) is 8.79. The Morgan fingerprint density at radius 1 is 1.45 bits per heavy atom. The Hall–Kier alpha value is -1.86. The van der Waals surface area contributed by atoms with Gasteiger partial charge >= 0.3 is 0 Å². The third kappa shape index (κ3) is 3.86. The number of hydrogen-bond donors (Lipinski definition) is 1. The van der Waals surface area contributed by atoms with E-state index >= 15 is 0 Å². The highest BCUT2D eigenvalue weighted by Crippen LogP contribution is 2.27. The average molecular weight is 320 g/mol. The largest absolute Gasteiger partial charge is 0.383 e. The number of carbonyl (C=O) groups is 1. The van der Waals surface area contributed by atoms with Gasteiger partial charge in [-0.25, -0.2) is 0 Å². The lowest BCUT2D eigenvalue weighted by Crippen LogP contribution is -2.23. The number of nitrogens with zero attached hydrogens (tertiary/aromatic N) is 3. The highest BCUT2D eigenvalue weighted by Gasteiger charge is 2.19. The highest BCUT2D eigenvalue weighted by atomic mass is 32.2. The standard InChI is InChI=1S/C15H20N4O2S/c1-10-5-4-6-12(9-10)14-17-18-15(19(14)7-8-21-3)22-11(2)13(16)20/h4-6,9,11H,7-8H2,1-3H3,(H2,16,20)/t11-/m1/s1. The number of thioether (sulfide) groups is 1. The summed E-state index contributed by atoms with van der Waals surface area (Å²) < 4.78 is 7.12. The van der Waals surface area contributed by atoms with Crippen LogP contribution >= 0.6 is 11.8 Å². The van der Waals surface area contributed by atoms with E-state index < -0.39 is 0 Å². The third-order valence-electron chi connectivity index (χ3n) is 3.19. The Labute approximate surface area is 134 Å². The Bertz CT molecular complexity index is 657. The average Bonchev–Trinajstić information content (AvgIpc) is 2.87. The van der Waals surface area contributed by atoms with Gasteiger partial charge in [0.25, 0.3) is 0 Å². The van der Waals surface area contributed by atoms with Crippen molar-refractivity contribution in [3.05, 3.63) is 29.8 Å². The molecule has 2 rings (SSSR count). The zero-order valence-electron chi connectivity index (χ0n) is 12.9. The maximum atomic E-state index is 11.3. The van der Waals surface area contributed by atoms with E-state index in [-0.39, 0.29) is 11.2 Å². The van der Waals surface area contributed by atoms with E-state index in [0.29, 0.717) is 18.3 Å². The summed E-state index contributed by atoms with van der Waals surface area (Å²) in [5.41, 5.74) is 7.47. The minimum atomic E-state index is -0.372. The summed E-state index contributed by atoms with van der Waals surface area (Å²) in [6, 6.07) is 8.06. The van der Waals surface area contributed by atoms with Gasteiger partial charge in [0.15, 0.2) is 11.0 Å². The molecule has 1 heterocycles. The van der Waals surface area contributed by atoms with Crippen molar-refractivity contribution < 1.29 is 9.53 Å². The number of ether oxygens (including phenoxy) is 1. The summed E-state index contributed by atoms with van der Waals surface area (Å²) >= 11 is 1.31. The molecule has 6 nitrogen and oxygen atoms in total. The van der Waals surface area contributed by atoms with Crippen LogP contribution in [-0.4, -0.2) is 39.6 Å². The van der Waals surface area contributed by atoms with Crippen molar-refractivity contribution in [3.8, 4) is 11.4 Å². The quantitative estimate of drug-likeness (QED) is 0.787. The van der Waals surface area contributed by atoms with Gasteiger partial charge in [-0.05, 0) is 19.9 Å². The normalized spacial score (nSPS) is 12.3. The van der Waals surface area contributed by atoms with Gasteiger partial charge in [0.05, 0.1) is 18.4 Å². The van der Waals surface area contributed by atoms with E-state index in [2.05, 4.69) is 16.3 Å². The van der Waals surface area contributed by atoms with Crippen LogP contribution in [0.5, 0.6) is 0 Å². The molecule has 1 atom stereocenters. The van der Waals surface area contributed by atoms with Crippen molar-refractivity contribution in [1.29, 1.82) is 0 Å². The summed E-state index contributed by atoms with van der Waals surface area (Å²) in [4.78, 5) is 11.3. The van der Waals surface area contributed by atoms with E-state index in [0.717, 1.165) is 17.0 Å². The van der Waals surface area contributed by atoms with E-state index in [1.54, 1.807) is 14.0 Å². The highest BCUT2D eigenvalue weighted by molar-refractivity contribution is 8.00. The molecule has 2 N–H and O–H groups in total. The van der Waals surface area contributed by atoms with Gasteiger partial charge in [-0.15, -0.1) is 10.2 Å². The molecule has 0 bridgehead atoms. The lowest BCUT2D eigenvalue weighted by molar-refractivity contribution is -0.117. The first-order valence-electron chi connectivity index (χ1n) is 6.98. The van der Waals surface area contributed by atoms with Gasteiger partial charge in [0, 0.05) is 12.7 Å². The molecular formula is C15H20N4O2S. The monoisotopic (exact) mass is 320 g/mol. The maximum Gasteiger partial charge on any atom is 0.230 e. The summed E-state index contributed by atoms with van der Waals surface area (Å²) in [6.07, 6.45) is 0. The van der Waals surface area contributed by atoms with Crippen molar-refractivity contribution in [2.45, 2.75) is 30.8 Å². The predicted octanol–water partition coefficient (Wildman–Crippen LogP) is 1.87. The number of primary amides is 1. The number of aromatic nitrogens is 3. The van der Waals surface area contributed by atoms with Crippen molar-refractivity contribution in [2.24, 2.45) is 5.73 Å². The molecule has 0 radical (unpaired) electrons. The smallest absolute Gasteiger partial charge is 0.230 e. The molecule has 0 aliphatic heterocycles. The Balaban J connectivity index is 2.37. The molecule has 7 heteroatoms. The Kier molecular flexibility index (Phi) is 5.57. The van der Waals surface area contributed by atoms with Gasteiger partial charge in [-0.3, -0.25) is 9.36 Å². The molecule has 0 saturated carbocycles. The fraction of sp³-hybridized carbons (Fsp3) is 0.400. The first kappa shape index (κ1) is 16.5. The van der Waals surface area contributed by atoms with Gasteiger partial charge in [0.2, 0.25) is 5.91 Å². The van der Waals surface area contributed by atoms with E-state index in [9.17, 15) is 4.79 Å². The molecule has 0 saturated heterocycles. The van der Waals surface area contributed by atoms with Gasteiger partial charge in [-0.2, -0.15) is 0 Å². The van der Waals surface area contributed by atoms with E-state index in [1.165, 1.54) is 11.8 Å². The topological polar surface area (TPSA) is 83.0 Å². The van der Waals surface area contributed by atoms with Crippen molar-refractivity contribution in [3.63, 3.8) is 0 Å². The van der Waals surface area contributed by atoms with Gasteiger partial charge in [0.1, 0.15) is 0 Å². The predicted molar refractivity (Wildman–Crippen MR) is 86.6 cm³/mol. The number of aryl methyl sites for hydroxylation is 1. The number of hydrogen-bond acceptors (Lipinski definition) is 5. The molecule has 0 fully saturated rings. The minimum absolute atomic E-state index is 0.365. The minimum Gasteiger partial charge on any atom is -0.383 e. The fourth-order valence-corrected chi connectivity index (χ4v) is 2.80. The molecule has 0 unspecified atom stereocenters. The zero-order chi connectivity index (χ0) is 16.1. The molecule has 1 aromatic carbocycles. The van der Waals surface area contributed by atoms with Crippen LogP contribution in [0.2, 0.25) is 0 Å². The van der Waals surface area contributed by atoms with Crippen molar-refractivity contribution in [1.82, 2.24) is 14.8 Å². The SMILES string of the molecule is COCCn1c(S[C@H](C)C(N)=O)nnc1-c1cccc(C)c1. The van der Waals surface area contributed by atoms with Crippen LogP contribution in [0.1, 0.15) is 12.5 Å². The van der Waals surface area contributed by atoms with Crippen LogP contribution in [0.3, 0.4) is 0 Å². The summed E-state index contributed by atoms with van der Waals surface area (Å²) in [7, 11) is 1.65. The Morgan fingerprint density at radius 2 is 2.23 bits per heavy atom. The van der Waals surface area contributed by atoms with Crippen LogP contribution in [-0.2, 0) is 16.1 Å². The second-order valence-corrected chi connectivity index (χ2v) is 6.29. The third-order valence-corrected chi connectivity index (χ3v) is 4.29. The summed E-state index contributed by atoms with van der Waals surface area (Å²) in [6.45, 7) is 4.94. The molecule has 0 aliphatic carbocycles. The number of benzene rings is 1. The molecule has 22 heavy (non-hydrogen) atoms. The first-order chi connectivity index (χ1) is 10.5. The second kappa shape index (κ2) is 7.42. The first-order valence-corrected chi connectivity index (χ1v) is 7.86. The molecule has 1 amide bonds. The number of carbonyl (C=O) groups excluding carboxylic acids is 1. The molecule has 118 valence electrons. The van der Waals surface area contributed by atoms with Crippen molar-refractivity contribution >= 4 is 17.7 Å². The molecule has 2 aromatic rings. The van der Waals surface area contributed by atoms with E-state index in [4.69, 9.17) is 10.5 Å². The fourth-order valence-electron chi connectivity index (χ4n) is 1.97. The Morgan fingerprint density at radius 3 is 2.86 bits per heavy atom. The second-order valence-electron chi connectivity index (χ2n) is 4.98. The molecular weight excluding hydrogens is 300 g/mol. The van der Waals surface area contributed by atoms with Gasteiger partial charge in [-0.1, -0.05) is 35.5 Å². The lowest BCUT2D eigenvalue weighted by atomic mass is 10.1. The van der Waals surface area contributed by atoms with Crippen LogP contribution in [0.4, 0.5) is 0 Å². The van der Waals surface area contributed by atoms with Gasteiger partial charge < -0.3 is 10.5 Å². The van der Waals surface area contributed by atoms with Crippen LogP contribution < -0.4 is 5.73 Å². The zero-order valence-corrected chi connectivity index (χ0v) is 13.8. The summed E-state index contributed by atoms with van der Waals surface area (Å²) in [5.74, 6) is 0.392.